The predicted octanol–water partition coefficient (Wildman–Crippen LogP) is 4.26. The number of benzene rings is 2. The molecule has 2 aliphatic heterocycles. The molecule has 5 rings (SSSR count). The molecule has 168 valence electrons. The van der Waals surface area contributed by atoms with E-state index >= 15 is 0 Å². The number of anilines is 1. The van der Waals surface area contributed by atoms with Gasteiger partial charge in [-0.05, 0) is 63.7 Å². The standard InChI is InChI=1S/C25H30ClN5O/c1-29(2)19-11-13-31(16-19)25(32)17-6-5-12-30(15-17)18-9-10-21(26)20(14-18)24-27-22-7-3-4-8-23(22)28-24/h3-4,7-10,14,17,19H,5-6,11-13,15-16H2,1-2H3,(H,27,28)/t17-,19?/m1/s1. The molecule has 0 bridgehead atoms. The Labute approximate surface area is 194 Å². The average molecular weight is 452 g/mol. The Morgan fingerprint density at radius 3 is 2.75 bits per heavy atom. The summed E-state index contributed by atoms with van der Waals surface area (Å²) in [5.41, 5.74) is 3.90. The van der Waals surface area contributed by atoms with Crippen LogP contribution in [0.1, 0.15) is 19.3 Å². The molecular weight excluding hydrogens is 422 g/mol. The van der Waals surface area contributed by atoms with E-state index in [1.807, 2.05) is 30.3 Å². The molecule has 32 heavy (non-hydrogen) atoms. The van der Waals surface area contributed by atoms with E-state index < -0.39 is 0 Å². The van der Waals surface area contributed by atoms with Crippen molar-refractivity contribution in [1.82, 2.24) is 19.8 Å². The van der Waals surface area contributed by atoms with Crippen molar-refractivity contribution in [1.29, 1.82) is 0 Å². The first-order valence-electron chi connectivity index (χ1n) is 11.4. The van der Waals surface area contributed by atoms with Crippen LogP contribution in [0, 0.1) is 5.92 Å². The van der Waals surface area contributed by atoms with Crippen LogP contribution in [0.3, 0.4) is 0 Å². The molecular formula is C25H30ClN5O. The van der Waals surface area contributed by atoms with Crippen LogP contribution in [0.4, 0.5) is 5.69 Å². The first-order chi connectivity index (χ1) is 15.5. The maximum atomic E-state index is 13.2. The van der Waals surface area contributed by atoms with E-state index in [0.29, 0.717) is 17.0 Å². The number of hydrogen-bond acceptors (Lipinski definition) is 4. The van der Waals surface area contributed by atoms with E-state index in [1.165, 1.54) is 0 Å². The fourth-order valence-electron chi connectivity index (χ4n) is 5.01. The molecule has 2 saturated heterocycles. The summed E-state index contributed by atoms with van der Waals surface area (Å²) in [6.07, 6.45) is 3.04. The fraction of sp³-hybridized carbons (Fsp3) is 0.440. The lowest BCUT2D eigenvalue weighted by Gasteiger charge is -2.35. The molecule has 2 atom stereocenters. The fourth-order valence-corrected chi connectivity index (χ4v) is 5.21. The van der Waals surface area contributed by atoms with Gasteiger partial charge in [0.25, 0.3) is 0 Å². The number of aromatic nitrogens is 2. The first kappa shape index (κ1) is 21.3. The molecule has 3 aromatic rings. The number of amides is 1. The number of hydrogen-bond donors (Lipinski definition) is 1. The number of carbonyl (C=O) groups is 1. The van der Waals surface area contributed by atoms with Crippen LogP contribution in [-0.2, 0) is 4.79 Å². The Morgan fingerprint density at radius 2 is 1.97 bits per heavy atom. The van der Waals surface area contributed by atoms with Gasteiger partial charge in [0.1, 0.15) is 5.82 Å². The summed E-state index contributed by atoms with van der Waals surface area (Å²) in [5.74, 6) is 1.13. The highest BCUT2D eigenvalue weighted by Crippen LogP contribution is 2.33. The number of imidazole rings is 1. The molecule has 0 aliphatic carbocycles. The highest BCUT2D eigenvalue weighted by molar-refractivity contribution is 6.33. The van der Waals surface area contributed by atoms with Gasteiger partial charge >= 0.3 is 0 Å². The number of fused-ring (bicyclic) bond motifs is 1. The van der Waals surface area contributed by atoms with Crippen LogP contribution in [0.2, 0.25) is 5.02 Å². The summed E-state index contributed by atoms with van der Waals surface area (Å²) in [6.45, 7) is 3.42. The van der Waals surface area contributed by atoms with Crippen molar-refractivity contribution in [3.05, 3.63) is 47.5 Å². The summed E-state index contributed by atoms with van der Waals surface area (Å²) >= 11 is 6.56. The molecule has 2 fully saturated rings. The number of rotatable bonds is 4. The van der Waals surface area contributed by atoms with Gasteiger partial charge in [-0.15, -0.1) is 0 Å². The number of likely N-dealkylation sites (tertiary alicyclic amines) is 1. The summed E-state index contributed by atoms with van der Waals surface area (Å²) < 4.78 is 0. The molecule has 1 unspecified atom stereocenters. The van der Waals surface area contributed by atoms with E-state index in [-0.39, 0.29) is 5.92 Å². The maximum absolute atomic E-state index is 13.2. The average Bonchev–Trinajstić information content (AvgIpc) is 3.46. The number of para-hydroxylation sites is 2. The third-order valence-electron chi connectivity index (χ3n) is 6.94. The second-order valence-corrected chi connectivity index (χ2v) is 9.65. The van der Waals surface area contributed by atoms with E-state index in [4.69, 9.17) is 16.6 Å². The van der Waals surface area contributed by atoms with Gasteiger partial charge in [-0.2, -0.15) is 0 Å². The molecule has 6 nitrogen and oxygen atoms in total. The number of nitrogens with one attached hydrogen (secondary N) is 1. The van der Waals surface area contributed by atoms with Crippen molar-refractivity contribution in [2.24, 2.45) is 5.92 Å². The van der Waals surface area contributed by atoms with Crippen LogP contribution in [0.15, 0.2) is 42.5 Å². The molecule has 2 aliphatic rings. The number of halogens is 1. The second-order valence-electron chi connectivity index (χ2n) is 9.24. The van der Waals surface area contributed by atoms with Crippen LogP contribution in [0.5, 0.6) is 0 Å². The third-order valence-corrected chi connectivity index (χ3v) is 7.27. The largest absolute Gasteiger partial charge is 0.371 e. The molecule has 7 heteroatoms. The molecule has 0 radical (unpaired) electrons. The molecule has 0 saturated carbocycles. The van der Waals surface area contributed by atoms with Gasteiger partial charge in [-0.1, -0.05) is 23.7 Å². The molecule has 1 aromatic heterocycles. The van der Waals surface area contributed by atoms with Gasteiger partial charge in [-0.3, -0.25) is 4.79 Å². The molecule has 1 N–H and O–H groups in total. The minimum absolute atomic E-state index is 0.0509. The van der Waals surface area contributed by atoms with Crippen molar-refractivity contribution >= 4 is 34.2 Å². The van der Waals surface area contributed by atoms with Crippen LogP contribution in [-0.4, -0.2) is 72.0 Å². The monoisotopic (exact) mass is 451 g/mol. The van der Waals surface area contributed by atoms with Gasteiger partial charge < -0.3 is 19.7 Å². The van der Waals surface area contributed by atoms with Crippen LogP contribution >= 0.6 is 11.6 Å². The van der Waals surface area contributed by atoms with Gasteiger partial charge in [-0.25, -0.2) is 4.98 Å². The summed E-state index contributed by atoms with van der Waals surface area (Å²) in [4.78, 5) is 28.0. The third kappa shape index (κ3) is 4.09. The summed E-state index contributed by atoms with van der Waals surface area (Å²) in [7, 11) is 4.20. The Balaban J connectivity index is 1.34. The van der Waals surface area contributed by atoms with Crippen LogP contribution < -0.4 is 4.90 Å². The van der Waals surface area contributed by atoms with E-state index in [2.05, 4.69) is 45.9 Å². The maximum Gasteiger partial charge on any atom is 0.227 e. The number of piperidine rings is 1. The minimum Gasteiger partial charge on any atom is -0.371 e. The van der Waals surface area contributed by atoms with Gasteiger partial charge in [0.05, 0.1) is 22.0 Å². The van der Waals surface area contributed by atoms with E-state index in [0.717, 1.165) is 73.6 Å². The summed E-state index contributed by atoms with van der Waals surface area (Å²) in [6, 6.07) is 14.6. The smallest absolute Gasteiger partial charge is 0.227 e. The Hall–Kier alpha value is -2.57. The number of nitrogens with zero attached hydrogens (tertiary/aromatic N) is 4. The number of carbonyl (C=O) groups excluding carboxylic acids is 1. The lowest BCUT2D eigenvalue weighted by Crippen LogP contribution is -2.45. The molecule has 1 amide bonds. The highest BCUT2D eigenvalue weighted by atomic mass is 35.5. The van der Waals surface area contributed by atoms with Crippen molar-refractivity contribution in [3.63, 3.8) is 0 Å². The van der Waals surface area contributed by atoms with E-state index in [1.54, 1.807) is 0 Å². The SMILES string of the molecule is CN(C)C1CCN(C(=O)[C@@H]2CCCN(c3ccc(Cl)c(-c4nc5ccccc5[nH]4)c3)C2)C1. The second kappa shape index (κ2) is 8.75. The van der Waals surface area contributed by atoms with Crippen molar-refractivity contribution in [3.8, 4) is 11.4 Å². The zero-order chi connectivity index (χ0) is 22.2. The lowest BCUT2D eigenvalue weighted by molar-refractivity contribution is -0.134. The van der Waals surface area contributed by atoms with Crippen molar-refractivity contribution in [2.75, 3.05) is 45.2 Å². The molecule has 0 spiro atoms. The van der Waals surface area contributed by atoms with Crippen molar-refractivity contribution < 1.29 is 4.79 Å². The first-order valence-corrected chi connectivity index (χ1v) is 11.8. The van der Waals surface area contributed by atoms with Gasteiger partial charge in [0, 0.05) is 43.5 Å². The summed E-state index contributed by atoms with van der Waals surface area (Å²) in [5, 5.41) is 0.671. The predicted molar refractivity (Wildman–Crippen MR) is 130 cm³/mol. The zero-order valence-electron chi connectivity index (χ0n) is 18.7. The molecule has 3 heterocycles. The number of likely N-dealkylation sites (N-methyl/N-ethyl adjacent to an activating group) is 1. The normalized spacial score (nSPS) is 21.6. The quantitative estimate of drug-likeness (QED) is 0.643. The molecule has 2 aromatic carbocycles. The van der Waals surface area contributed by atoms with Gasteiger partial charge in [0.2, 0.25) is 5.91 Å². The van der Waals surface area contributed by atoms with Crippen LogP contribution in [0.25, 0.3) is 22.4 Å². The Morgan fingerprint density at radius 1 is 1.12 bits per heavy atom. The number of H-pyrrole nitrogens is 1. The number of aromatic amines is 1. The highest BCUT2D eigenvalue weighted by Gasteiger charge is 2.34. The Kier molecular flexibility index (Phi) is 5.82. The zero-order valence-corrected chi connectivity index (χ0v) is 19.5. The lowest BCUT2D eigenvalue weighted by atomic mass is 9.96. The van der Waals surface area contributed by atoms with E-state index in [9.17, 15) is 4.79 Å². The van der Waals surface area contributed by atoms with Crippen molar-refractivity contribution in [2.45, 2.75) is 25.3 Å². The Bertz CT molecular complexity index is 1090. The topological polar surface area (TPSA) is 55.5 Å². The minimum atomic E-state index is 0.0509. The van der Waals surface area contributed by atoms with Gasteiger partial charge in [0.15, 0.2) is 0 Å².